The second kappa shape index (κ2) is 12.1. The number of para-hydroxylation sites is 7. The molecule has 2 aliphatic heterocycles. The Morgan fingerprint density at radius 1 is 0.365 bits per heavy atom. The normalized spacial score (nSPS) is 13.0. The van der Waals surface area contributed by atoms with E-state index < -0.39 is 0 Å². The maximum atomic E-state index is 6.80. The van der Waals surface area contributed by atoms with Crippen LogP contribution in [-0.4, -0.2) is 29.8 Å². The number of hydrogen-bond acceptors (Lipinski definition) is 3. The van der Waals surface area contributed by atoms with Crippen molar-refractivity contribution in [3.8, 4) is 40.1 Å². The molecule has 15 rings (SSSR count). The lowest BCUT2D eigenvalue weighted by atomic mass is 9.35. The first-order valence-electron chi connectivity index (χ1n) is 21.4. The monoisotopic (exact) mass is 805 g/mol. The highest BCUT2D eigenvalue weighted by Gasteiger charge is 2.40. The SMILES string of the molecule is c1cc(-n2c3ccccc3c3ccccc32)cc(-n2c3ccccc3n3c4ccc5c6ccccc6n(-c6cc7c8c(c6)Oc6ccccc6B8c6ccccc6O7)c5c4nc23)c1. The Morgan fingerprint density at radius 3 is 1.54 bits per heavy atom. The highest BCUT2D eigenvalue weighted by atomic mass is 16.5. The van der Waals surface area contributed by atoms with Gasteiger partial charge in [-0.25, -0.2) is 4.98 Å². The lowest BCUT2D eigenvalue weighted by Gasteiger charge is -2.33. The summed E-state index contributed by atoms with van der Waals surface area (Å²) in [6.07, 6.45) is 0. The molecule has 0 saturated carbocycles. The molecule has 292 valence electrons. The van der Waals surface area contributed by atoms with Crippen LogP contribution >= 0.6 is 0 Å². The summed E-state index contributed by atoms with van der Waals surface area (Å²) in [5.74, 6) is 4.18. The van der Waals surface area contributed by atoms with Gasteiger partial charge in [0.25, 0.3) is 6.71 Å². The van der Waals surface area contributed by atoms with E-state index >= 15 is 0 Å². The number of fused-ring (bicyclic) bond motifs is 16. The summed E-state index contributed by atoms with van der Waals surface area (Å²) >= 11 is 0. The van der Waals surface area contributed by atoms with Crippen molar-refractivity contribution in [2.24, 2.45) is 0 Å². The van der Waals surface area contributed by atoms with Gasteiger partial charge in [0.05, 0.1) is 50.0 Å². The number of ether oxygens (including phenoxy) is 2. The van der Waals surface area contributed by atoms with Crippen molar-refractivity contribution < 1.29 is 9.47 Å². The molecule has 4 aromatic heterocycles. The zero-order chi connectivity index (χ0) is 40.9. The highest BCUT2D eigenvalue weighted by molar-refractivity contribution is 6.98. The largest absolute Gasteiger partial charge is 0.458 e. The van der Waals surface area contributed by atoms with E-state index in [0.29, 0.717) is 0 Å². The van der Waals surface area contributed by atoms with E-state index in [1.54, 1.807) is 0 Å². The first-order valence-corrected chi connectivity index (χ1v) is 21.4. The van der Waals surface area contributed by atoms with E-state index in [4.69, 9.17) is 14.5 Å². The Balaban J connectivity index is 0.996. The summed E-state index contributed by atoms with van der Waals surface area (Å²) in [5.41, 5.74) is 15.0. The van der Waals surface area contributed by atoms with Crippen LogP contribution in [0.15, 0.2) is 194 Å². The molecule has 0 saturated heterocycles. The first kappa shape index (κ1) is 33.3. The summed E-state index contributed by atoms with van der Waals surface area (Å²) in [6.45, 7) is -0.000525. The van der Waals surface area contributed by atoms with Gasteiger partial charge < -0.3 is 18.6 Å². The van der Waals surface area contributed by atoms with Gasteiger partial charge in [-0.2, -0.15) is 0 Å². The van der Waals surface area contributed by atoms with Crippen molar-refractivity contribution in [3.63, 3.8) is 0 Å². The maximum Gasteiger partial charge on any atom is 0.260 e. The van der Waals surface area contributed by atoms with Crippen LogP contribution in [0.5, 0.6) is 23.0 Å². The average Bonchev–Trinajstić information content (AvgIpc) is 4.07. The number of rotatable bonds is 3. The third-order valence-electron chi connectivity index (χ3n) is 13.5. The molecule has 9 aromatic carbocycles. The van der Waals surface area contributed by atoms with E-state index in [9.17, 15) is 0 Å². The van der Waals surface area contributed by atoms with Gasteiger partial charge in [0.15, 0.2) is 0 Å². The first-order chi connectivity index (χ1) is 31.3. The van der Waals surface area contributed by atoms with Gasteiger partial charge in [-0.15, -0.1) is 0 Å². The molecule has 0 bridgehead atoms. The predicted molar refractivity (Wildman–Crippen MR) is 256 cm³/mol. The fourth-order valence-electron chi connectivity index (χ4n) is 10.9. The molecule has 0 atom stereocenters. The zero-order valence-electron chi connectivity index (χ0n) is 33.6. The van der Waals surface area contributed by atoms with Gasteiger partial charge in [-0.3, -0.25) is 8.97 Å². The van der Waals surface area contributed by atoms with E-state index in [1.165, 1.54) is 21.8 Å². The third-order valence-corrected chi connectivity index (χ3v) is 13.5. The minimum absolute atomic E-state index is 0.000525. The van der Waals surface area contributed by atoms with Gasteiger partial charge >= 0.3 is 0 Å². The van der Waals surface area contributed by atoms with Crippen molar-refractivity contribution in [2.45, 2.75) is 0 Å². The van der Waals surface area contributed by atoms with Gasteiger partial charge in [0, 0.05) is 44.8 Å². The molecule has 0 aliphatic carbocycles. The summed E-state index contributed by atoms with van der Waals surface area (Å²) in [7, 11) is 0. The summed E-state index contributed by atoms with van der Waals surface area (Å²) in [6, 6.07) is 69.1. The minimum atomic E-state index is -0.000525. The number of imidazole rings is 2. The van der Waals surface area contributed by atoms with E-state index in [0.717, 1.165) is 106 Å². The van der Waals surface area contributed by atoms with E-state index in [2.05, 4.69) is 200 Å². The number of aromatic nitrogens is 5. The summed E-state index contributed by atoms with van der Waals surface area (Å²) in [4.78, 5) is 5.68. The average molecular weight is 806 g/mol. The summed E-state index contributed by atoms with van der Waals surface area (Å²) in [5, 5.41) is 4.76. The molecule has 0 unspecified atom stereocenters. The molecule has 13 aromatic rings. The Morgan fingerprint density at radius 2 is 0.889 bits per heavy atom. The fraction of sp³-hybridized carbons (Fsp3) is 0. The Bertz CT molecular complexity index is 4010. The second-order valence-corrected chi connectivity index (χ2v) is 16.7. The Hall–Kier alpha value is -8.49. The fourth-order valence-corrected chi connectivity index (χ4v) is 10.9. The van der Waals surface area contributed by atoms with Crippen molar-refractivity contribution in [3.05, 3.63) is 194 Å². The van der Waals surface area contributed by atoms with Gasteiger partial charge in [0.2, 0.25) is 5.78 Å². The Kier molecular flexibility index (Phi) is 6.38. The number of nitrogens with zero attached hydrogens (tertiary/aromatic N) is 5. The predicted octanol–water partition coefficient (Wildman–Crippen LogP) is 11.4. The van der Waals surface area contributed by atoms with Crippen LogP contribution < -0.4 is 25.9 Å². The van der Waals surface area contributed by atoms with Crippen LogP contribution in [0, 0.1) is 0 Å². The van der Waals surface area contributed by atoms with Crippen molar-refractivity contribution in [1.82, 2.24) is 23.1 Å². The molecule has 0 radical (unpaired) electrons. The zero-order valence-corrected chi connectivity index (χ0v) is 33.6. The molecule has 0 amide bonds. The molecule has 2 aliphatic rings. The highest BCUT2D eigenvalue weighted by Crippen LogP contribution is 2.42. The molecule has 6 heterocycles. The molecular weight excluding hydrogens is 773 g/mol. The maximum absolute atomic E-state index is 6.80. The van der Waals surface area contributed by atoms with Crippen LogP contribution in [0.2, 0.25) is 0 Å². The van der Waals surface area contributed by atoms with Crippen LogP contribution in [-0.2, 0) is 0 Å². The van der Waals surface area contributed by atoms with E-state index in [-0.39, 0.29) is 6.71 Å². The molecule has 63 heavy (non-hydrogen) atoms. The topological polar surface area (TPSA) is 50.5 Å². The Labute approximate surface area is 359 Å². The van der Waals surface area contributed by atoms with Crippen LogP contribution in [0.25, 0.3) is 88.5 Å². The standard InChI is InChI=1S/C55H32BN5O2/c1-6-21-42-36(16-1)37-17-2-7-22-43(37)58(42)33-14-13-15-34(30-33)60-45-24-9-10-25-46(45)61-47-29-28-39-38-18-3-8-23-44(38)59(54(39)53(47)57-55(60)61)35-31-50-52-51(32-35)63-49-27-12-5-20-41(49)56(52)40-19-4-11-26-48(40)62-50/h1-32H. The molecule has 0 fully saturated rings. The second-order valence-electron chi connectivity index (χ2n) is 16.7. The van der Waals surface area contributed by atoms with Gasteiger partial charge in [-0.1, -0.05) is 109 Å². The van der Waals surface area contributed by atoms with Crippen LogP contribution in [0.3, 0.4) is 0 Å². The molecule has 0 N–H and O–H groups in total. The molecule has 0 spiro atoms. The lowest BCUT2D eigenvalue weighted by Crippen LogP contribution is -2.57. The molecular formula is C55H32BN5O2. The smallest absolute Gasteiger partial charge is 0.260 e. The van der Waals surface area contributed by atoms with Crippen LogP contribution in [0.1, 0.15) is 0 Å². The third kappa shape index (κ3) is 4.36. The van der Waals surface area contributed by atoms with Crippen molar-refractivity contribution >= 4 is 94.6 Å². The number of hydrogen-bond donors (Lipinski definition) is 0. The quantitative estimate of drug-likeness (QED) is 0.167. The van der Waals surface area contributed by atoms with Gasteiger partial charge in [0.1, 0.15) is 28.5 Å². The number of benzene rings is 9. The van der Waals surface area contributed by atoms with Crippen molar-refractivity contribution in [1.29, 1.82) is 0 Å². The summed E-state index contributed by atoms with van der Waals surface area (Å²) < 4.78 is 23.0. The van der Waals surface area contributed by atoms with Crippen molar-refractivity contribution in [2.75, 3.05) is 0 Å². The van der Waals surface area contributed by atoms with Crippen LogP contribution in [0.4, 0.5) is 0 Å². The lowest BCUT2D eigenvalue weighted by molar-refractivity contribution is 0.464. The van der Waals surface area contributed by atoms with E-state index in [1.807, 2.05) is 12.1 Å². The molecule has 8 heteroatoms. The minimum Gasteiger partial charge on any atom is -0.458 e. The van der Waals surface area contributed by atoms with Gasteiger partial charge in [-0.05, 0) is 83.7 Å². The molecule has 7 nitrogen and oxygen atoms in total.